The van der Waals surface area contributed by atoms with Gasteiger partial charge in [-0.3, -0.25) is 4.79 Å². The number of nitrogens with zero attached hydrogens (tertiary/aromatic N) is 1. The van der Waals surface area contributed by atoms with E-state index in [1.54, 1.807) is 0 Å². The van der Waals surface area contributed by atoms with Gasteiger partial charge in [-0.25, -0.2) is 8.51 Å². The first-order valence-corrected chi connectivity index (χ1v) is 10.9. The molecule has 0 aromatic rings. The lowest BCUT2D eigenvalue weighted by Gasteiger charge is -2.39. The van der Waals surface area contributed by atoms with Crippen LogP contribution in [0.4, 0.5) is 0 Å². The lowest BCUT2D eigenvalue weighted by Crippen LogP contribution is -2.56. The van der Waals surface area contributed by atoms with Crippen molar-refractivity contribution in [3.63, 3.8) is 0 Å². The second kappa shape index (κ2) is 10.4. The number of carbonyl (C=O) groups is 1. The number of rotatable bonds is 9. The molecule has 0 saturated carbocycles. The molecule has 1 amide bonds. The number of hydrogen-bond acceptors (Lipinski definition) is 3. The number of piperidine rings is 1. The highest BCUT2D eigenvalue weighted by Gasteiger charge is 2.47. The maximum absolute atomic E-state index is 13.0. The fourth-order valence-electron chi connectivity index (χ4n) is 3.67. The minimum absolute atomic E-state index is 0.441. The zero-order chi connectivity index (χ0) is 18.1. The summed E-state index contributed by atoms with van der Waals surface area (Å²) in [7, 11) is -1.35. The van der Waals surface area contributed by atoms with Crippen molar-refractivity contribution in [1.29, 1.82) is 0 Å². The number of unbranched alkanes of at least 4 members (excludes halogenated alkanes) is 4. The van der Waals surface area contributed by atoms with Gasteiger partial charge in [0.1, 0.15) is 15.7 Å². The summed E-state index contributed by atoms with van der Waals surface area (Å²) in [5.74, 6) is 0.127. The number of hydrogen-bond donors (Lipinski definition) is 1. The molecule has 0 aromatic carbocycles. The SMILES string of the molecule is CCCCCC/C=C/C1CCN(S(=O)C2(C(N)=O)CCOCC2)CC1. The lowest BCUT2D eigenvalue weighted by molar-refractivity contribution is -0.122. The maximum Gasteiger partial charge on any atom is 0.237 e. The molecule has 0 aromatic heterocycles. The second-order valence-corrected chi connectivity index (χ2v) is 9.06. The van der Waals surface area contributed by atoms with E-state index in [-0.39, 0.29) is 0 Å². The van der Waals surface area contributed by atoms with Crippen LogP contribution < -0.4 is 5.73 Å². The van der Waals surface area contributed by atoms with Crippen LogP contribution in [0.5, 0.6) is 0 Å². The molecule has 2 heterocycles. The van der Waals surface area contributed by atoms with Crippen molar-refractivity contribution in [2.75, 3.05) is 26.3 Å². The first kappa shape index (κ1) is 20.6. The molecule has 0 aliphatic carbocycles. The normalized spacial score (nSPS) is 23.7. The Kier molecular flexibility index (Phi) is 8.59. The van der Waals surface area contributed by atoms with E-state index in [2.05, 4.69) is 19.1 Å². The zero-order valence-electron chi connectivity index (χ0n) is 15.6. The summed E-state index contributed by atoms with van der Waals surface area (Å²) in [5, 5.41) is 0. The molecule has 2 rings (SSSR count). The third kappa shape index (κ3) is 5.63. The second-order valence-electron chi connectivity index (χ2n) is 7.26. The van der Waals surface area contributed by atoms with E-state index in [0.29, 0.717) is 32.0 Å². The van der Waals surface area contributed by atoms with Crippen LogP contribution >= 0.6 is 0 Å². The minimum Gasteiger partial charge on any atom is -0.381 e. The van der Waals surface area contributed by atoms with Crippen molar-refractivity contribution < 1.29 is 13.7 Å². The van der Waals surface area contributed by atoms with Crippen LogP contribution in [0.2, 0.25) is 0 Å². The van der Waals surface area contributed by atoms with Gasteiger partial charge in [0.15, 0.2) is 0 Å². The zero-order valence-corrected chi connectivity index (χ0v) is 16.4. The van der Waals surface area contributed by atoms with E-state index in [4.69, 9.17) is 10.5 Å². The highest BCUT2D eigenvalue weighted by molar-refractivity contribution is 7.85. The van der Waals surface area contributed by atoms with Gasteiger partial charge in [-0.1, -0.05) is 38.3 Å². The summed E-state index contributed by atoms with van der Waals surface area (Å²) in [6.45, 7) is 4.70. The molecule has 1 atom stereocenters. The highest BCUT2D eigenvalue weighted by atomic mass is 32.2. The third-order valence-corrected chi connectivity index (χ3v) is 7.56. The maximum atomic E-state index is 13.0. The quantitative estimate of drug-likeness (QED) is 0.501. The molecule has 2 saturated heterocycles. The van der Waals surface area contributed by atoms with Crippen molar-refractivity contribution >= 4 is 16.9 Å². The van der Waals surface area contributed by atoms with Gasteiger partial charge in [-0.15, -0.1) is 0 Å². The summed E-state index contributed by atoms with van der Waals surface area (Å²) in [6.07, 6.45) is 13.9. The Morgan fingerprint density at radius 2 is 1.92 bits per heavy atom. The minimum atomic E-state index is -1.35. The predicted octanol–water partition coefficient (Wildman–Crippen LogP) is 2.92. The first-order valence-electron chi connectivity index (χ1n) is 9.81. The Bertz CT molecular complexity index is 467. The van der Waals surface area contributed by atoms with E-state index < -0.39 is 21.6 Å². The van der Waals surface area contributed by atoms with E-state index in [1.807, 2.05) is 4.31 Å². The van der Waals surface area contributed by atoms with Gasteiger partial charge in [0.05, 0.1) is 0 Å². The van der Waals surface area contributed by atoms with Crippen molar-refractivity contribution in [2.24, 2.45) is 11.7 Å². The van der Waals surface area contributed by atoms with Gasteiger partial charge in [0.2, 0.25) is 5.91 Å². The molecule has 6 heteroatoms. The number of amides is 1. The first-order chi connectivity index (χ1) is 12.1. The Balaban J connectivity index is 1.79. The van der Waals surface area contributed by atoms with E-state index >= 15 is 0 Å². The van der Waals surface area contributed by atoms with E-state index in [0.717, 1.165) is 32.4 Å². The summed E-state index contributed by atoms with van der Waals surface area (Å²) >= 11 is 0. The molecule has 0 bridgehead atoms. The van der Waals surface area contributed by atoms with Gasteiger partial charge >= 0.3 is 0 Å². The average Bonchev–Trinajstić information content (AvgIpc) is 2.65. The molecule has 5 nitrogen and oxygen atoms in total. The molecular weight excluding hydrogens is 336 g/mol. The molecule has 0 radical (unpaired) electrons. The standard InChI is InChI=1S/C19H34N2O3S/c1-2-3-4-5-6-7-8-17-9-13-21(14-10-17)25(23)19(18(20)22)11-15-24-16-12-19/h7-8,17H,2-6,9-16H2,1H3,(H2,20,22)/b8-7+. The molecule has 144 valence electrons. The van der Waals surface area contributed by atoms with Crippen LogP contribution in [-0.2, 0) is 20.5 Å². The molecule has 2 aliphatic heterocycles. The molecule has 2 N–H and O–H groups in total. The summed E-state index contributed by atoms with van der Waals surface area (Å²) < 4.78 is 19.4. The molecule has 2 aliphatic rings. The van der Waals surface area contributed by atoms with Gasteiger partial charge in [-0.05, 0) is 44.4 Å². The Morgan fingerprint density at radius 3 is 2.52 bits per heavy atom. The third-order valence-electron chi connectivity index (χ3n) is 5.45. The van der Waals surface area contributed by atoms with Crippen LogP contribution in [0.1, 0.15) is 64.7 Å². The smallest absolute Gasteiger partial charge is 0.237 e. The van der Waals surface area contributed by atoms with Crippen molar-refractivity contribution in [3.8, 4) is 0 Å². The number of nitrogens with two attached hydrogens (primary N) is 1. The van der Waals surface area contributed by atoms with Crippen LogP contribution in [0.25, 0.3) is 0 Å². The molecule has 2 fully saturated rings. The average molecular weight is 371 g/mol. The van der Waals surface area contributed by atoms with Crippen LogP contribution in [0, 0.1) is 5.92 Å². The highest BCUT2D eigenvalue weighted by Crippen LogP contribution is 2.31. The molecule has 0 spiro atoms. The van der Waals surface area contributed by atoms with Gasteiger partial charge in [0.25, 0.3) is 0 Å². The lowest BCUT2D eigenvalue weighted by atomic mass is 9.97. The topological polar surface area (TPSA) is 72.6 Å². The van der Waals surface area contributed by atoms with Crippen molar-refractivity contribution in [2.45, 2.75) is 69.5 Å². The fourth-order valence-corrected chi connectivity index (χ4v) is 5.39. The number of ether oxygens (including phenoxy) is 1. The van der Waals surface area contributed by atoms with E-state index in [9.17, 15) is 9.00 Å². The monoisotopic (exact) mass is 370 g/mol. The molecule has 1 unspecified atom stereocenters. The fraction of sp³-hybridized carbons (Fsp3) is 0.842. The largest absolute Gasteiger partial charge is 0.381 e. The number of primary amides is 1. The van der Waals surface area contributed by atoms with Crippen LogP contribution in [-0.4, -0.2) is 45.5 Å². The van der Waals surface area contributed by atoms with Crippen molar-refractivity contribution in [3.05, 3.63) is 12.2 Å². The summed E-state index contributed by atoms with van der Waals surface area (Å²) in [6, 6.07) is 0. The Hall–Kier alpha value is -0.720. The van der Waals surface area contributed by atoms with Crippen LogP contribution in [0.3, 0.4) is 0 Å². The Labute approximate surface area is 154 Å². The predicted molar refractivity (Wildman–Crippen MR) is 102 cm³/mol. The summed E-state index contributed by atoms with van der Waals surface area (Å²) in [5.41, 5.74) is 5.63. The van der Waals surface area contributed by atoms with Crippen molar-refractivity contribution in [1.82, 2.24) is 4.31 Å². The Morgan fingerprint density at radius 1 is 1.24 bits per heavy atom. The molecular formula is C19H34N2O3S. The van der Waals surface area contributed by atoms with Gasteiger partial charge in [-0.2, -0.15) is 0 Å². The summed E-state index contributed by atoms with van der Waals surface area (Å²) in [4.78, 5) is 12.0. The molecule has 25 heavy (non-hydrogen) atoms. The van der Waals surface area contributed by atoms with Crippen LogP contribution in [0.15, 0.2) is 12.2 Å². The van der Waals surface area contributed by atoms with E-state index in [1.165, 1.54) is 25.7 Å². The number of carbonyl (C=O) groups excluding carboxylic acids is 1. The van der Waals surface area contributed by atoms with Gasteiger partial charge < -0.3 is 10.5 Å². The number of allylic oxidation sites excluding steroid dienone is 2. The van der Waals surface area contributed by atoms with Gasteiger partial charge in [0, 0.05) is 26.3 Å².